The molecule has 54 valence electrons. The number of nitrogens with zero attached hydrogens (tertiary/aromatic N) is 1. The van der Waals surface area contributed by atoms with E-state index >= 15 is 0 Å². The van der Waals surface area contributed by atoms with E-state index in [0.29, 0.717) is 11.8 Å². The van der Waals surface area contributed by atoms with Gasteiger partial charge in [-0.15, -0.1) is 0 Å². The van der Waals surface area contributed by atoms with Gasteiger partial charge in [-0.2, -0.15) is 0 Å². The summed E-state index contributed by atoms with van der Waals surface area (Å²) in [5.41, 5.74) is 0.351. The molecule has 1 heterocycles. The highest BCUT2D eigenvalue weighted by molar-refractivity contribution is 7.77. The molecule has 0 aliphatic rings. The lowest BCUT2D eigenvalue weighted by molar-refractivity contribution is 0.112. The van der Waals surface area contributed by atoms with Crippen molar-refractivity contribution in [3.8, 4) is 0 Å². The van der Waals surface area contributed by atoms with Crippen LogP contribution in [0.15, 0.2) is 18.5 Å². The normalized spacial score (nSPS) is 12.9. The quantitative estimate of drug-likeness (QED) is 0.447. The number of carbonyl (C=O) groups excluding carboxylic acids is 1. The number of aromatic nitrogens is 1. The van der Waals surface area contributed by atoms with Gasteiger partial charge < -0.3 is 4.55 Å². The molecule has 0 N–H and O–H groups in total. The number of hydrogen-bond donors (Lipinski definition) is 0. The Bertz CT molecular complexity index is 268. The largest absolute Gasteiger partial charge is 0.755 e. The van der Waals surface area contributed by atoms with Crippen molar-refractivity contribution in [3.05, 3.63) is 24.0 Å². The van der Waals surface area contributed by atoms with E-state index in [1.165, 1.54) is 18.5 Å². The van der Waals surface area contributed by atoms with E-state index in [1.807, 2.05) is 0 Å². The maximum Gasteiger partial charge on any atom is 0.151 e. The molecule has 5 heteroatoms. The lowest BCUT2D eigenvalue weighted by atomic mass is 10.4. The Morgan fingerprint density at radius 2 is 2.40 bits per heavy atom. The van der Waals surface area contributed by atoms with Gasteiger partial charge in [-0.3, -0.25) is 13.0 Å². The molecule has 0 saturated carbocycles. The molecule has 0 fully saturated rings. The SMILES string of the molecule is O=Cc1ccn(S(=O)[O-])c1. The Kier molecular flexibility index (Phi) is 1.98. The van der Waals surface area contributed by atoms with Crippen LogP contribution < -0.4 is 0 Å². The van der Waals surface area contributed by atoms with Crippen molar-refractivity contribution in [1.82, 2.24) is 3.97 Å². The molecule has 0 aromatic carbocycles. The van der Waals surface area contributed by atoms with E-state index in [0.717, 1.165) is 3.97 Å². The van der Waals surface area contributed by atoms with Gasteiger partial charge in [0, 0.05) is 18.0 Å². The summed E-state index contributed by atoms with van der Waals surface area (Å²) in [7, 11) is 0. The summed E-state index contributed by atoms with van der Waals surface area (Å²) in [6.07, 6.45) is 3.12. The topological polar surface area (TPSA) is 62.1 Å². The fraction of sp³-hybridized carbons (Fsp3) is 0. The minimum Gasteiger partial charge on any atom is -0.755 e. The third-order valence-corrected chi connectivity index (χ3v) is 1.57. The average molecular weight is 158 g/mol. The highest BCUT2D eigenvalue weighted by Gasteiger charge is 1.92. The summed E-state index contributed by atoms with van der Waals surface area (Å²) < 4.78 is 21.3. The predicted octanol–water partition coefficient (Wildman–Crippen LogP) is -0.0572. The Hall–Kier alpha value is -0.940. The van der Waals surface area contributed by atoms with Crippen molar-refractivity contribution in [3.63, 3.8) is 0 Å². The fourth-order valence-electron chi connectivity index (χ4n) is 0.555. The average Bonchev–Trinajstić information content (AvgIpc) is 2.34. The van der Waals surface area contributed by atoms with Gasteiger partial charge in [0.2, 0.25) is 0 Å². The van der Waals surface area contributed by atoms with Gasteiger partial charge in [-0.25, -0.2) is 0 Å². The van der Waals surface area contributed by atoms with Crippen molar-refractivity contribution >= 4 is 17.6 Å². The van der Waals surface area contributed by atoms with Crippen molar-refractivity contribution in [1.29, 1.82) is 0 Å². The highest BCUT2D eigenvalue weighted by atomic mass is 32.2. The number of rotatable bonds is 2. The van der Waals surface area contributed by atoms with Crippen LogP contribution in [0.2, 0.25) is 0 Å². The van der Waals surface area contributed by atoms with E-state index in [2.05, 4.69) is 0 Å². The monoisotopic (exact) mass is 158 g/mol. The maximum absolute atomic E-state index is 10.2. The molecule has 0 amide bonds. The van der Waals surface area contributed by atoms with Crippen LogP contribution in [0.5, 0.6) is 0 Å². The van der Waals surface area contributed by atoms with E-state index in [9.17, 15) is 13.6 Å². The molecule has 1 atom stereocenters. The minimum absolute atomic E-state index is 0.351. The molecule has 1 rings (SSSR count). The van der Waals surface area contributed by atoms with E-state index in [-0.39, 0.29) is 0 Å². The highest BCUT2D eigenvalue weighted by Crippen LogP contribution is 1.97. The first-order valence-corrected chi connectivity index (χ1v) is 3.50. The molecule has 0 aliphatic carbocycles. The van der Waals surface area contributed by atoms with Crippen molar-refractivity contribution in [2.45, 2.75) is 0 Å². The van der Waals surface area contributed by atoms with Gasteiger partial charge >= 0.3 is 0 Å². The lowest BCUT2D eigenvalue weighted by Gasteiger charge is -2.02. The molecular weight excluding hydrogens is 154 g/mol. The summed E-state index contributed by atoms with van der Waals surface area (Å²) in [4.78, 5) is 10.0. The maximum atomic E-state index is 10.2. The first-order chi connectivity index (χ1) is 4.74. The van der Waals surface area contributed by atoms with Crippen molar-refractivity contribution in [2.75, 3.05) is 0 Å². The van der Waals surface area contributed by atoms with E-state index in [1.54, 1.807) is 0 Å². The van der Waals surface area contributed by atoms with Crippen LogP contribution in [0, 0.1) is 0 Å². The molecule has 4 nitrogen and oxygen atoms in total. The van der Waals surface area contributed by atoms with Crippen LogP contribution in [0.25, 0.3) is 0 Å². The molecule has 0 aliphatic heterocycles. The van der Waals surface area contributed by atoms with Crippen molar-refractivity contribution < 1.29 is 13.6 Å². The number of hydrogen-bond acceptors (Lipinski definition) is 3. The second kappa shape index (κ2) is 2.76. The summed E-state index contributed by atoms with van der Waals surface area (Å²) in [5, 5.41) is 0. The smallest absolute Gasteiger partial charge is 0.151 e. The Morgan fingerprint density at radius 1 is 1.70 bits per heavy atom. The Labute approximate surface area is 59.9 Å². The third kappa shape index (κ3) is 1.31. The van der Waals surface area contributed by atoms with E-state index < -0.39 is 11.3 Å². The zero-order valence-corrected chi connectivity index (χ0v) is 5.71. The molecule has 1 unspecified atom stereocenters. The molecule has 0 saturated heterocycles. The van der Waals surface area contributed by atoms with Crippen molar-refractivity contribution in [2.24, 2.45) is 0 Å². The summed E-state index contributed by atoms with van der Waals surface area (Å²) in [6.45, 7) is 0. The van der Waals surface area contributed by atoms with E-state index in [4.69, 9.17) is 0 Å². The molecule has 0 bridgehead atoms. The predicted molar refractivity (Wildman–Crippen MR) is 34.1 cm³/mol. The van der Waals surface area contributed by atoms with Gasteiger partial charge in [-0.05, 0) is 6.07 Å². The zero-order chi connectivity index (χ0) is 7.56. The summed E-state index contributed by atoms with van der Waals surface area (Å²) >= 11 is -2.30. The fourth-order valence-corrected chi connectivity index (χ4v) is 0.923. The van der Waals surface area contributed by atoms with Gasteiger partial charge in [0.15, 0.2) is 6.29 Å². The molecular formula is C5H4NO3S-. The Balaban J connectivity index is 2.98. The lowest BCUT2D eigenvalue weighted by Crippen LogP contribution is -1.98. The van der Waals surface area contributed by atoms with Crippen LogP contribution in [0.1, 0.15) is 10.4 Å². The molecule has 0 radical (unpaired) electrons. The van der Waals surface area contributed by atoms with Crippen LogP contribution in [-0.4, -0.2) is 19.0 Å². The molecule has 1 aromatic rings. The summed E-state index contributed by atoms with van der Waals surface area (Å²) in [6, 6.07) is 1.42. The Morgan fingerprint density at radius 3 is 2.70 bits per heavy atom. The molecule has 10 heavy (non-hydrogen) atoms. The van der Waals surface area contributed by atoms with Gasteiger partial charge in [0.05, 0.1) is 11.3 Å². The molecule has 1 aromatic heterocycles. The summed E-state index contributed by atoms with van der Waals surface area (Å²) in [5.74, 6) is 0. The first-order valence-electron chi connectivity index (χ1n) is 2.47. The first kappa shape index (κ1) is 7.17. The number of aldehydes is 1. The second-order valence-electron chi connectivity index (χ2n) is 1.64. The van der Waals surface area contributed by atoms with Crippen LogP contribution >= 0.6 is 0 Å². The van der Waals surface area contributed by atoms with Gasteiger partial charge in [0.25, 0.3) is 0 Å². The third-order valence-electron chi connectivity index (χ3n) is 0.998. The second-order valence-corrected chi connectivity index (χ2v) is 2.50. The zero-order valence-electron chi connectivity index (χ0n) is 4.89. The van der Waals surface area contributed by atoms with Gasteiger partial charge in [0.1, 0.15) is 0 Å². The number of carbonyl (C=O) groups is 1. The van der Waals surface area contributed by atoms with Crippen LogP contribution in [0.4, 0.5) is 0 Å². The molecule has 0 spiro atoms. The van der Waals surface area contributed by atoms with Crippen LogP contribution in [0.3, 0.4) is 0 Å². The van der Waals surface area contributed by atoms with Crippen LogP contribution in [-0.2, 0) is 11.3 Å². The standard InChI is InChI=1S/C5H5NO3S/c7-4-5-1-2-6(3-5)10(8)9/h1-4H,(H,8,9)/p-1. The van der Waals surface area contributed by atoms with Gasteiger partial charge in [-0.1, -0.05) is 0 Å². The minimum atomic E-state index is -2.30.